The van der Waals surface area contributed by atoms with Crippen LogP contribution in [-0.2, 0) is 12.6 Å². The standard InChI is InChI=1S/C32H22F5N9O2S/c1-47-31-44-25-22-26(23(32(35,36)37)21(24(25)34)16-4-5-18(33)27-20(16)17(12-38)29(40)49-27)48-10-9-46(30(22)45-31)19(11-14-13-41-7-8-42-14)15-3-2-6-43-28(15)39/h2-8,13,19H,9-11,40H2,1H3,(H2,39,43)/t19-/m1/s1. The number of nitrogen functional groups attached to an aromatic ring is 2. The van der Waals surface area contributed by atoms with Crippen LogP contribution < -0.4 is 25.8 Å². The number of hydrogen-bond acceptors (Lipinski definition) is 12. The van der Waals surface area contributed by atoms with Gasteiger partial charge in [0.15, 0.2) is 5.82 Å². The van der Waals surface area contributed by atoms with Crippen molar-refractivity contribution in [2.45, 2.75) is 18.6 Å². The molecule has 0 radical (unpaired) electrons. The topological polar surface area (TPSA) is 162 Å². The fourth-order valence-electron chi connectivity index (χ4n) is 6.13. The van der Waals surface area contributed by atoms with Crippen molar-refractivity contribution in [3.05, 3.63) is 83.1 Å². The van der Waals surface area contributed by atoms with E-state index in [0.29, 0.717) is 22.6 Å². The number of nitrogens with two attached hydrogens (primary N) is 2. The number of fused-ring (bicyclic) bond motifs is 1. The molecule has 11 nitrogen and oxygen atoms in total. The van der Waals surface area contributed by atoms with Gasteiger partial charge in [-0.3, -0.25) is 9.97 Å². The van der Waals surface area contributed by atoms with Crippen LogP contribution >= 0.6 is 11.3 Å². The zero-order valence-electron chi connectivity index (χ0n) is 25.2. The number of anilines is 3. The second-order valence-corrected chi connectivity index (χ2v) is 11.9. The molecule has 17 heteroatoms. The van der Waals surface area contributed by atoms with Crippen molar-refractivity contribution in [2.24, 2.45) is 0 Å². The van der Waals surface area contributed by atoms with Crippen molar-refractivity contribution in [1.82, 2.24) is 24.9 Å². The molecule has 0 aliphatic carbocycles. The Hall–Kier alpha value is -5.89. The van der Waals surface area contributed by atoms with Crippen molar-refractivity contribution >= 4 is 49.0 Å². The Morgan fingerprint density at radius 1 is 1.10 bits per heavy atom. The molecule has 248 valence electrons. The average molecular weight is 692 g/mol. The molecular weight excluding hydrogens is 669 g/mol. The van der Waals surface area contributed by atoms with E-state index in [0.717, 1.165) is 12.1 Å². The van der Waals surface area contributed by atoms with E-state index in [1.165, 1.54) is 31.9 Å². The van der Waals surface area contributed by atoms with Crippen LogP contribution in [0.3, 0.4) is 0 Å². The van der Waals surface area contributed by atoms with E-state index in [1.807, 2.05) is 6.07 Å². The van der Waals surface area contributed by atoms with Crippen LogP contribution in [0.1, 0.15) is 28.4 Å². The number of aromatic nitrogens is 5. The number of alkyl halides is 3. The number of thiophene rings is 1. The molecule has 0 unspecified atom stereocenters. The molecule has 4 N–H and O–H groups in total. The van der Waals surface area contributed by atoms with Crippen molar-refractivity contribution in [3.63, 3.8) is 0 Å². The van der Waals surface area contributed by atoms with Crippen LogP contribution in [0.15, 0.2) is 49.1 Å². The number of rotatable bonds is 6. The van der Waals surface area contributed by atoms with Gasteiger partial charge in [-0.05, 0) is 17.7 Å². The summed E-state index contributed by atoms with van der Waals surface area (Å²) in [4.78, 5) is 22.9. The van der Waals surface area contributed by atoms with E-state index in [2.05, 4.69) is 24.9 Å². The summed E-state index contributed by atoms with van der Waals surface area (Å²) in [6.07, 6.45) is 0.912. The van der Waals surface area contributed by atoms with E-state index in [4.69, 9.17) is 20.9 Å². The number of halogens is 5. The highest BCUT2D eigenvalue weighted by atomic mass is 32.1. The Morgan fingerprint density at radius 2 is 1.92 bits per heavy atom. The molecule has 5 heterocycles. The van der Waals surface area contributed by atoms with E-state index in [1.54, 1.807) is 17.0 Å². The number of ether oxygens (including phenoxy) is 2. The van der Waals surface area contributed by atoms with Gasteiger partial charge in [-0.1, -0.05) is 12.1 Å². The van der Waals surface area contributed by atoms with E-state index >= 15 is 17.6 Å². The minimum absolute atomic E-state index is 0.0576. The summed E-state index contributed by atoms with van der Waals surface area (Å²) in [6.45, 7) is -0.384. The number of nitrogens with zero attached hydrogens (tertiary/aromatic N) is 7. The van der Waals surface area contributed by atoms with E-state index in [-0.39, 0.29) is 63.3 Å². The van der Waals surface area contributed by atoms with Gasteiger partial charge in [0.2, 0.25) is 0 Å². The summed E-state index contributed by atoms with van der Waals surface area (Å²) in [5.74, 6) is -3.02. The molecule has 7 rings (SSSR count). The maximum atomic E-state index is 17.1. The summed E-state index contributed by atoms with van der Waals surface area (Å²) < 4.78 is 89.0. The molecule has 0 saturated carbocycles. The zero-order valence-corrected chi connectivity index (χ0v) is 26.0. The summed E-state index contributed by atoms with van der Waals surface area (Å²) in [6, 6.07) is 5.91. The van der Waals surface area contributed by atoms with Crippen molar-refractivity contribution in [1.29, 1.82) is 5.26 Å². The maximum Gasteiger partial charge on any atom is 0.420 e. The SMILES string of the molecule is COc1nc2c3c(c(C(F)(F)F)c(-c4ccc(F)c5sc(N)c(C#N)c45)c(F)c3n1)OCCN2[C@H](Cc1cnccn1)c1cccnc1N. The number of hydrogen-bond donors (Lipinski definition) is 2. The molecule has 1 aliphatic heterocycles. The normalized spacial score (nSPS) is 13.6. The van der Waals surface area contributed by atoms with Crippen molar-refractivity contribution in [2.75, 3.05) is 36.6 Å². The molecule has 1 atom stereocenters. The third kappa shape index (κ3) is 5.20. The number of nitriles is 1. The third-order valence-electron chi connectivity index (χ3n) is 8.14. The predicted molar refractivity (Wildman–Crippen MR) is 171 cm³/mol. The first kappa shape index (κ1) is 31.7. The minimum Gasteiger partial charge on any atom is -0.490 e. The molecule has 0 saturated heterocycles. The van der Waals surface area contributed by atoms with Crippen LogP contribution in [-0.4, -0.2) is 45.2 Å². The van der Waals surface area contributed by atoms with Gasteiger partial charge >= 0.3 is 12.2 Å². The van der Waals surface area contributed by atoms with Gasteiger partial charge in [0.1, 0.15) is 52.0 Å². The molecule has 1 aliphatic rings. The first-order valence-electron chi connectivity index (χ1n) is 14.5. The fourth-order valence-corrected chi connectivity index (χ4v) is 7.08. The summed E-state index contributed by atoms with van der Waals surface area (Å²) in [5.41, 5.74) is 9.50. The lowest BCUT2D eigenvalue weighted by Crippen LogP contribution is -2.34. The van der Waals surface area contributed by atoms with Gasteiger partial charge in [0.25, 0.3) is 0 Å². The smallest absolute Gasteiger partial charge is 0.420 e. The monoisotopic (exact) mass is 691 g/mol. The predicted octanol–water partition coefficient (Wildman–Crippen LogP) is 6.22. The first-order chi connectivity index (χ1) is 23.5. The minimum atomic E-state index is -5.23. The molecule has 2 aromatic carbocycles. The lowest BCUT2D eigenvalue weighted by molar-refractivity contribution is -0.138. The molecule has 49 heavy (non-hydrogen) atoms. The molecule has 6 aromatic rings. The number of methoxy groups -OCH3 is 1. The molecule has 0 fully saturated rings. The molecule has 0 spiro atoms. The largest absolute Gasteiger partial charge is 0.490 e. The van der Waals surface area contributed by atoms with Crippen molar-refractivity contribution in [3.8, 4) is 29.0 Å². The van der Waals surface area contributed by atoms with Crippen LogP contribution in [0.5, 0.6) is 11.8 Å². The number of pyridine rings is 1. The van der Waals surface area contributed by atoms with Crippen molar-refractivity contribution < 1.29 is 31.4 Å². The van der Waals surface area contributed by atoms with Gasteiger partial charge in [0, 0.05) is 47.7 Å². The maximum absolute atomic E-state index is 17.1. The highest BCUT2D eigenvalue weighted by molar-refractivity contribution is 7.23. The third-order valence-corrected chi connectivity index (χ3v) is 9.17. The number of benzene rings is 2. The van der Waals surface area contributed by atoms with Gasteiger partial charge in [-0.2, -0.15) is 28.4 Å². The summed E-state index contributed by atoms with van der Waals surface area (Å²) in [5, 5.41) is 9.04. The highest BCUT2D eigenvalue weighted by Crippen LogP contribution is 2.54. The quantitative estimate of drug-likeness (QED) is 0.191. The Labute approximate surface area is 277 Å². The Bertz CT molecular complexity index is 2310. The van der Waals surface area contributed by atoms with E-state index in [9.17, 15) is 9.65 Å². The lowest BCUT2D eigenvalue weighted by atomic mass is 9.91. The lowest BCUT2D eigenvalue weighted by Gasteiger charge is -2.32. The van der Waals surface area contributed by atoms with Gasteiger partial charge in [-0.15, -0.1) is 11.3 Å². The molecule has 0 bridgehead atoms. The van der Waals surface area contributed by atoms with Gasteiger partial charge in [0.05, 0.1) is 41.0 Å². The van der Waals surface area contributed by atoms with E-state index < -0.39 is 51.8 Å². The Morgan fingerprint density at radius 3 is 2.61 bits per heavy atom. The van der Waals surface area contributed by atoms with Gasteiger partial charge in [-0.25, -0.2) is 13.8 Å². The first-order valence-corrected chi connectivity index (χ1v) is 15.3. The molecule has 4 aromatic heterocycles. The highest BCUT2D eigenvalue weighted by Gasteiger charge is 2.44. The molecule has 0 amide bonds. The van der Waals surface area contributed by atoms with Crippen LogP contribution in [0.25, 0.3) is 32.1 Å². The average Bonchev–Trinajstić information content (AvgIpc) is 3.32. The Balaban J connectivity index is 1.58. The fraction of sp³-hybridized carbons (Fsp3) is 0.188. The zero-order chi connectivity index (χ0) is 34.6. The summed E-state index contributed by atoms with van der Waals surface area (Å²) >= 11 is 0.666. The summed E-state index contributed by atoms with van der Waals surface area (Å²) in [7, 11) is 1.22. The van der Waals surface area contributed by atoms with Crippen LogP contribution in [0, 0.1) is 23.0 Å². The molecular formula is C32H22F5N9O2S. The van der Waals surface area contributed by atoms with Crippen LogP contribution in [0.2, 0.25) is 0 Å². The van der Waals surface area contributed by atoms with Gasteiger partial charge < -0.3 is 25.8 Å². The Kier molecular flexibility index (Phi) is 7.74. The second kappa shape index (κ2) is 12.0. The second-order valence-electron chi connectivity index (χ2n) is 10.8. The van der Waals surface area contributed by atoms with Crippen LogP contribution in [0.4, 0.5) is 38.6 Å².